The molecule has 0 saturated carbocycles. The molecule has 0 spiro atoms. The lowest BCUT2D eigenvalue weighted by atomic mass is 10.1. The number of benzene rings is 2. The highest BCUT2D eigenvalue weighted by molar-refractivity contribution is 7.92. The number of hydrogen-bond acceptors (Lipinski definition) is 5. The van der Waals surface area contributed by atoms with Gasteiger partial charge in [-0.15, -0.1) is 0 Å². The molecule has 2 aromatic carbocycles. The number of sulfonamides is 1. The van der Waals surface area contributed by atoms with Gasteiger partial charge in [-0.3, -0.25) is 9.10 Å². The number of hydrogen-bond donors (Lipinski definition) is 1. The SMILES string of the molecule is CCC(C(=O)NCc1ccc(OC)cc1)N(c1ccc(OC)cc1)S(C)(=O)=O. The van der Waals surface area contributed by atoms with Gasteiger partial charge in [0.1, 0.15) is 17.5 Å². The number of carbonyl (C=O) groups is 1. The van der Waals surface area contributed by atoms with E-state index in [2.05, 4.69) is 5.32 Å². The monoisotopic (exact) mass is 406 g/mol. The Morgan fingerprint density at radius 2 is 1.50 bits per heavy atom. The summed E-state index contributed by atoms with van der Waals surface area (Å²) < 4.78 is 36.3. The number of ether oxygens (including phenoxy) is 2. The first-order valence-electron chi connectivity index (χ1n) is 8.84. The maximum absolute atomic E-state index is 12.8. The first-order valence-corrected chi connectivity index (χ1v) is 10.7. The van der Waals surface area contributed by atoms with Gasteiger partial charge in [-0.25, -0.2) is 8.42 Å². The Morgan fingerprint density at radius 1 is 1.00 bits per heavy atom. The summed E-state index contributed by atoms with van der Waals surface area (Å²) in [5, 5.41) is 2.82. The summed E-state index contributed by atoms with van der Waals surface area (Å²) in [4.78, 5) is 12.8. The summed E-state index contributed by atoms with van der Waals surface area (Å²) in [5.74, 6) is 0.970. The Bertz CT molecular complexity index is 880. The predicted octanol–water partition coefficient (Wildman–Crippen LogP) is 2.56. The Hall–Kier alpha value is -2.74. The van der Waals surface area contributed by atoms with Crippen molar-refractivity contribution in [1.82, 2.24) is 5.32 Å². The molecule has 152 valence electrons. The minimum atomic E-state index is -3.67. The lowest BCUT2D eigenvalue weighted by molar-refractivity contribution is -0.122. The minimum Gasteiger partial charge on any atom is -0.497 e. The molecule has 7 nitrogen and oxygen atoms in total. The van der Waals surface area contributed by atoms with Crippen LogP contribution in [0.25, 0.3) is 0 Å². The normalized spacial score (nSPS) is 12.1. The topological polar surface area (TPSA) is 84.9 Å². The Balaban J connectivity index is 2.20. The molecule has 0 aliphatic carbocycles. The molecule has 1 unspecified atom stereocenters. The van der Waals surface area contributed by atoms with E-state index in [1.54, 1.807) is 50.4 Å². The van der Waals surface area contributed by atoms with Crippen LogP contribution in [0.1, 0.15) is 18.9 Å². The molecule has 0 saturated heterocycles. The molecule has 0 bridgehead atoms. The fourth-order valence-corrected chi connectivity index (χ4v) is 4.05. The summed E-state index contributed by atoms with van der Waals surface area (Å²) in [6, 6.07) is 13.0. The summed E-state index contributed by atoms with van der Waals surface area (Å²) >= 11 is 0. The molecular formula is C20H26N2O5S. The van der Waals surface area contributed by atoms with Gasteiger partial charge < -0.3 is 14.8 Å². The average Bonchev–Trinajstić information content (AvgIpc) is 2.69. The van der Waals surface area contributed by atoms with Gasteiger partial charge >= 0.3 is 0 Å². The Morgan fingerprint density at radius 3 is 1.93 bits per heavy atom. The second kappa shape index (κ2) is 9.45. The standard InChI is InChI=1S/C20H26N2O5S/c1-5-19(20(23)21-14-15-6-10-17(26-2)11-7-15)22(28(4,24)25)16-8-12-18(27-3)13-9-16/h6-13,19H,5,14H2,1-4H3,(H,21,23). The molecule has 1 atom stereocenters. The highest BCUT2D eigenvalue weighted by Gasteiger charge is 2.31. The number of nitrogens with zero attached hydrogens (tertiary/aromatic N) is 1. The largest absolute Gasteiger partial charge is 0.497 e. The number of carbonyl (C=O) groups excluding carboxylic acids is 1. The third-order valence-corrected chi connectivity index (χ3v) is 5.46. The van der Waals surface area contributed by atoms with E-state index in [0.717, 1.165) is 21.9 Å². The first kappa shape index (κ1) is 21.6. The first-order chi connectivity index (χ1) is 13.3. The van der Waals surface area contributed by atoms with E-state index >= 15 is 0 Å². The molecule has 0 aliphatic heterocycles. The van der Waals surface area contributed by atoms with Gasteiger partial charge in [0, 0.05) is 6.54 Å². The summed E-state index contributed by atoms with van der Waals surface area (Å²) in [7, 11) is -0.553. The van der Waals surface area contributed by atoms with Crippen molar-refractivity contribution < 1.29 is 22.7 Å². The van der Waals surface area contributed by atoms with Gasteiger partial charge in [0.2, 0.25) is 15.9 Å². The molecule has 0 radical (unpaired) electrons. The van der Waals surface area contributed by atoms with Gasteiger partial charge in [0.05, 0.1) is 26.2 Å². The van der Waals surface area contributed by atoms with E-state index < -0.39 is 16.1 Å². The number of amides is 1. The molecule has 2 rings (SSSR count). The van der Waals surface area contributed by atoms with Crippen molar-refractivity contribution in [2.75, 3.05) is 24.8 Å². The molecule has 28 heavy (non-hydrogen) atoms. The zero-order chi connectivity index (χ0) is 20.7. The summed E-state index contributed by atoms with van der Waals surface area (Å²) in [5.41, 5.74) is 1.30. The summed E-state index contributed by atoms with van der Waals surface area (Å²) in [6.45, 7) is 2.07. The van der Waals surface area contributed by atoms with E-state index in [0.29, 0.717) is 24.4 Å². The fraction of sp³-hybridized carbons (Fsp3) is 0.350. The highest BCUT2D eigenvalue weighted by atomic mass is 32.2. The van der Waals surface area contributed by atoms with Crippen LogP contribution in [0.5, 0.6) is 11.5 Å². The van der Waals surface area contributed by atoms with E-state index in [1.807, 2.05) is 12.1 Å². The summed E-state index contributed by atoms with van der Waals surface area (Å²) in [6.07, 6.45) is 1.42. The van der Waals surface area contributed by atoms with Crippen molar-refractivity contribution >= 4 is 21.6 Å². The molecule has 1 amide bonds. The number of anilines is 1. The predicted molar refractivity (Wildman–Crippen MR) is 109 cm³/mol. The maximum atomic E-state index is 12.8. The van der Waals surface area contributed by atoms with Crippen LogP contribution in [-0.4, -0.2) is 40.8 Å². The van der Waals surface area contributed by atoms with Crippen molar-refractivity contribution in [1.29, 1.82) is 0 Å². The van der Waals surface area contributed by atoms with Crippen molar-refractivity contribution in [2.45, 2.75) is 25.9 Å². The average molecular weight is 407 g/mol. The van der Waals surface area contributed by atoms with Crippen LogP contribution in [0.2, 0.25) is 0 Å². The molecule has 0 aromatic heterocycles. The third-order valence-electron chi connectivity index (χ3n) is 4.28. The molecule has 0 fully saturated rings. The van der Waals surface area contributed by atoms with Crippen LogP contribution in [0.4, 0.5) is 5.69 Å². The lowest BCUT2D eigenvalue weighted by Gasteiger charge is -2.30. The lowest BCUT2D eigenvalue weighted by Crippen LogP contribution is -2.49. The zero-order valence-corrected chi connectivity index (χ0v) is 17.3. The number of methoxy groups -OCH3 is 2. The second-order valence-corrected chi connectivity index (χ2v) is 8.11. The molecule has 8 heteroatoms. The van der Waals surface area contributed by atoms with E-state index in [-0.39, 0.29) is 5.91 Å². The van der Waals surface area contributed by atoms with Crippen LogP contribution in [0, 0.1) is 0 Å². The zero-order valence-electron chi connectivity index (χ0n) is 16.5. The fourth-order valence-electron chi connectivity index (χ4n) is 2.84. The molecule has 0 aliphatic rings. The molecule has 2 aromatic rings. The maximum Gasteiger partial charge on any atom is 0.244 e. The van der Waals surface area contributed by atoms with Crippen LogP contribution >= 0.6 is 0 Å². The van der Waals surface area contributed by atoms with E-state index in [4.69, 9.17) is 9.47 Å². The number of rotatable bonds is 9. The molecule has 0 heterocycles. The van der Waals surface area contributed by atoms with E-state index in [1.165, 1.54) is 7.11 Å². The smallest absolute Gasteiger partial charge is 0.244 e. The number of nitrogens with one attached hydrogen (secondary N) is 1. The molecular weight excluding hydrogens is 380 g/mol. The van der Waals surface area contributed by atoms with Gasteiger partial charge in [-0.05, 0) is 48.4 Å². The van der Waals surface area contributed by atoms with Crippen LogP contribution in [0.3, 0.4) is 0 Å². The van der Waals surface area contributed by atoms with E-state index in [9.17, 15) is 13.2 Å². The van der Waals surface area contributed by atoms with Gasteiger partial charge in [0.25, 0.3) is 0 Å². The van der Waals surface area contributed by atoms with Crippen LogP contribution in [0.15, 0.2) is 48.5 Å². The quantitative estimate of drug-likeness (QED) is 0.692. The van der Waals surface area contributed by atoms with Crippen molar-refractivity contribution in [2.24, 2.45) is 0 Å². The van der Waals surface area contributed by atoms with Crippen LogP contribution < -0.4 is 19.1 Å². The van der Waals surface area contributed by atoms with Gasteiger partial charge in [-0.2, -0.15) is 0 Å². The second-order valence-electron chi connectivity index (χ2n) is 6.25. The Kier molecular flexibility index (Phi) is 7.28. The minimum absolute atomic E-state index is 0.291. The van der Waals surface area contributed by atoms with Gasteiger partial charge in [0.15, 0.2) is 0 Å². The Labute approximate surface area is 166 Å². The van der Waals surface area contributed by atoms with Gasteiger partial charge in [-0.1, -0.05) is 19.1 Å². The van der Waals surface area contributed by atoms with Crippen LogP contribution in [-0.2, 0) is 21.4 Å². The third kappa shape index (κ3) is 5.39. The molecule has 1 N–H and O–H groups in total. The van der Waals surface area contributed by atoms with Crippen molar-refractivity contribution in [3.8, 4) is 11.5 Å². The highest BCUT2D eigenvalue weighted by Crippen LogP contribution is 2.25. The van der Waals surface area contributed by atoms with Crippen molar-refractivity contribution in [3.63, 3.8) is 0 Å². The van der Waals surface area contributed by atoms with Crippen molar-refractivity contribution in [3.05, 3.63) is 54.1 Å².